The lowest BCUT2D eigenvalue weighted by Gasteiger charge is -2.05. The summed E-state index contributed by atoms with van der Waals surface area (Å²) in [4.78, 5) is 0. The summed E-state index contributed by atoms with van der Waals surface area (Å²) in [6.45, 7) is 8.48. The molecule has 0 aliphatic carbocycles. The summed E-state index contributed by atoms with van der Waals surface area (Å²) >= 11 is 0. The average Bonchev–Trinajstić information content (AvgIpc) is 2.68. The minimum atomic E-state index is 0.0994. The summed E-state index contributed by atoms with van der Waals surface area (Å²) in [5.74, 6) is 0.548. The van der Waals surface area contributed by atoms with Crippen LogP contribution in [0.5, 0.6) is 0 Å². The Hall–Kier alpha value is -1.28. The molecule has 2 aromatic rings. The van der Waals surface area contributed by atoms with Crippen molar-refractivity contribution in [3.8, 4) is 0 Å². The Morgan fingerprint density at radius 3 is 2.35 bits per heavy atom. The maximum atomic E-state index is 9.18. The van der Waals surface area contributed by atoms with Gasteiger partial charge in [-0.3, -0.25) is 0 Å². The molecular formula is C15H23NO. The first-order chi connectivity index (χ1) is 8.13. The van der Waals surface area contributed by atoms with Crippen LogP contribution in [-0.4, -0.2) is 9.67 Å². The van der Waals surface area contributed by atoms with E-state index in [4.69, 9.17) is 0 Å². The Kier molecular flexibility index (Phi) is 4.76. The smallest absolute Gasteiger partial charge is 0.0833 e. The van der Waals surface area contributed by atoms with Crippen LogP contribution in [0.2, 0.25) is 0 Å². The predicted molar refractivity (Wildman–Crippen MR) is 74.3 cm³/mol. The number of aliphatic hydroxyl groups excluding tert-OH is 1. The van der Waals surface area contributed by atoms with Gasteiger partial charge in [0.05, 0.1) is 6.61 Å². The zero-order chi connectivity index (χ0) is 13.0. The Balaban J connectivity index is 0.000000686. The number of hydrogen-bond acceptors (Lipinski definition) is 1. The van der Waals surface area contributed by atoms with Crippen molar-refractivity contribution in [3.05, 3.63) is 35.5 Å². The number of benzene rings is 1. The molecule has 0 saturated carbocycles. The van der Waals surface area contributed by atoms with Gasteiger partial charge >= 0.3 is 0 Å². The second-order valence-corrected chi connectivity index (χ2v) is 4.33. The fraction of sp³-hybridized carbons (Fsp3) is 0.467. The van der Waals surface area contributed by atoms with Crippen molar-refractivity contribution in [2.75, 3.05) is 0 Å². The van der Waals surface area contributed by atoms with E-state index in [2.05, 4.69) is 38.1 Å². The van der Waals surface area contributed by atoms with Gasteiger partial charge in [-0.15, -0.1) is 0 Å². The first-order valence-electron chi connectivity index (χ1n) is 6.32. The quantitative estimate of drug-likeness (QED) is 0.838. The van der Waals surface area contributed by atoms with E-state index in [0.29, 0.717) is 5.92 Å². The van der Waals surface area contributed by atoms with Crippen LogP contribution in [-0.2, 0) is 13.7 Å². The molecule has 1 N–H and O–H groups in total. The SMILES string of the molecule is CC.CC(C)c1ccc2c(c1)cc(CO)n2C. The molecule has 2 heteroatoms. The van der Waals surface area contributed by atoms with Crippen molar-refractivity contribution < 1.29 is 5.11 Å². The molecule has 94 valence electrons. The first kappa shape index (κ1) is 13.8. The van der Waals surface area contributed by atoms with Crippen molar-refractivity contribution in [1.82, 2.24) is 4.57 Å². The molecule has 1 aromatic carbocycles. The highest BCUT2D eigenvalue weighted by Gasteiger charge is 2.06. The van der Waals surface area contributed by atoms with E-state index in [1.807, 2.05) is 25.5 Å². The lowest BCUT2D eigenvalue weighted by Crippen LogP contribution is -1.94. The number of aromatic nitrogens is 1. The molecule has 0 aliphatic heterocycles. The number of aryl methyl sites for hydroxylation is 1. The number of fused-ring (bicyclic) bond motifs is 1. The summed E-state index contributed by atoms with van der Waals surface area (Å²) < 4.78 is 2.04. The standard InChI is InChI=1S/C13H17NO.C2H6/c1-9(2)10-4-5-13-11(6-10)7-12(8-15)14(13)3;1-2/h4-7,9,15H,8H2,1-3H3;1-2H3. The molecule has 0 atom stereocenters. The normalized spacial score (nSPS) is 10.5. The topological polar surface area (TPSA) is 25.2 Å². The summed E-state index contributed by atoms with van der Waals surface area (Å²) in [5.41, 5.74) is 3.49. The van der Waals surface area contributed by atoms with Gasteiger partial charge in [0, 0.05) is 23.6 Å². The molecule has 0 aliphatic rings. The van der Waals surface area contributed by atoms with E-state index >= 15 is 0 Å². The molecule has 2 nitrogen and oxygen atoms in total. The van der Waals surface area contributed by atoms with Gasteiger partial charge in [0.2, 0.25) is 0 Å². The second kappa shape index (κ2) is 5.87. The molecule has 2 rings (SSSR count). The Bertz CT molecular complexity index is 483. The van der Waals surface area contributed by atoms with E-state index in [1.54, 1.807) is 0 Å². The van der Waals surface area contributed by atoms with E-state index in [0.717, 1.165) is 5.69 Å². The van der Waals surface area contributed by atoms with Gasteiger partial charge < -0.3 is 9.67 Å². The predicted octanol–water partition coefficient (Wildman–Crippen LogP) is 3.82. The molecule has 1 aromatic heterocycles. The van der Waals surface area contributed by atoms with Crippen LogP contribution in [0.15, 0.2) is 24.3 Å². The van der Waals surface area contributed by atoms with E-state index in [-0.39, 0.29) is 6.61 Å². The van der Waals surface area contributed by atoms with Crippen molar-refractivity contribution in [2.45, 2.75) is 40.2 Å². The van der Waals surface area contributed by atoms with Crippen molar-refractivity contribution in [2.24, 2.45) is 7.05 Å². The molecule has 0 bridgehead atoms. The Labute approximate surface area is 104 Å². The molecule has 0 unspecified atom stereocenters. The number of nitrogens with zero attached hydrogens (tertiary/aromatic N) is 1. The summed E-state index contributed by atoms with van der Waals surface area (Å²) in [7, 11) is 1.99. The summed E-state index contributed by atoms with van der Waals surface area (Å²) in [5, 5.41) is 10.4. The monoisotopic (exact) mass is 233 g/mol. The van der Waals surface area contributed by atoms with Crippen LogP contribution in [0.4, 0.5) is 0 Å². The maximum absolute atomic E-state index is 9.18. The minimum absolute atomic E-state index is 0.0994. The third-order valence-corrected chi connectivity index (χ3v) is 2.99. The molecule has 0 spiro atoms. The lowest BCUT2D eigenvalue weighted by molar-refractivity contribution is 0.273. The molecule has 0 saturated heterocycles. The largest absolute Gasteiger partial charge is 0.390 e. The highest BCUT2D eigenvalue weighted by Crippen LogP contribution is 2.23. The number of hydrogen-bond donors (Lipinski definition) is 1. The molecular weight excluding hydrogens is 210 g/mol. The average molecular weight is 233 g/mol. The molecule has 0 radical (unpaired) electrons. The third-order valence-electron chi connectivity index (χ3n) is 2.99. The van der Waals surface area contributed by atoms with Crippen LogP contribution in [0, 0.1) is 0 Å². The molecule has 0 amide bonds. The van der Waals surface area contributed by atoms with Gasteiger partial charge in [-0.05, 0) is 29.7 Å². The lowest BCUT2D eigenvalue weighted by atomic mass is 10.0. The third kappa shape index (κ3) is 2.70. The van der Waals surface area contributed by atoms with Crippen molar-refractivity contribution >= 4 is 10.9 Å². The van der Waals surface area contributed by atoms with Gasteiger partial charge in [-0.25, -0.2) is 0 Å². The number of rotatable bonds is 2. The van der Waals surface area contributed by atoms with Crippen molar-refractivity contribution in [1.29, 1.82) is 0 Å². The number of aliphatic hydroxyl groups is 1. The second-order valence-electron chi connectivity index (χ2n) is 4.33. The fourth-order valence-corrected chi connectivity index (χ4v) is 1.94. The van der Waals surface area contributed by atoms with Gasteiger partial charge in [0.25, 0.3) is 0 Å². The van der Waals surface area contributed by atoms with E-state index < -0.39 is 0 Å². The van der Waals surface area contributed by atoms with Crippen molar-refractivity contribution in [3.63, 3.8) is 0 Å². The van der Waals surface area contributed by atoms with Crippen LogP contribution < -0.4 is 0 Å². The molecule has 1 heterocycles. The highest BCUT2D eigenvalue weighted by molar-refractivity contribution is 5.82. The maximum Gasteiger partial charge on any atom is 0.0833 e. The van der Waals surface area contributed by atoms with Gasteiger partial charge in [0.15, 0.2) is 0 Å². The molecule has 17 heavy (non-hydrogen) atoms. The van der Waals surface area contributed by atoms with Gasteiger partial charge in [-0.1, -0.05) is 33.8 Å². The first-order valence-corrected chi connectivity index (χ1v) is 6.32. The Morgan fingerprint density at radius 2 is 1.82 bits per heavy atom. The minimum Gasteiger partial charge on any atom is -0.390 e. The van der Waals surface area contributed by atoms with Crippen LogP contribution in [0.3, 0.4) is 0 Å². The van der Waals surface area contributed by atoms with E-state index in [9.17, 15) is 5.11 Å². The van der Waals surface area contributed by atoms with Gasteiger partial charge in [0.1, 0.15) is 0 Å². The summed E-state index contributed by atoms with van der Waals surface area (Å²) in [6.07, 6.45) is 0. The van der Waals surface area contributed by atoms with Crippen LogP contribution in [0.25, 0.3) is 10.9 Å². The zero-order valence-electron chi connectivity index (χ0n) is 11.5. The Morgan fingerprint density at radius 1 is 1.18 bits per heavy atom. The summed E-state index contributed by atoms with van der Waals surface area (Å²) in [6, 6.07) is 8.55. The molecule has 0 fully saturated rings. The highest BCUT2D eigenvalue weighted by atomic mass is 16.3. The van der Waals surface area contributed by atoms with Gasteiger partial charge in [-0.2, -0.15) is 0 Å². The zero-order valence-corrected chi connectivity index (χ0v) is 11.5. The fourth-order valence-electron chi connectivity index (χ4n) is 1.94. The van der Waals surface area contributed by atoms with Crippen LogP contribution >= 0.6 is 0 Å². The van der Waals surface area contributed by atoms with Crippen LogP contribution in [0.1, 0.15) is 44.9 Å². The van der Waals surface area contributed by atoms with E-state index in [1.165, 1.54) is 16.5 Å².